The van der Waals surface area contributed by atoms with Gasteiger partial charge >= 0.3 is 0 Å². The number of furan rings is 1. The number of amides is 2. The van der Waals surface area contributed by atoms with Gasteiger partial charge in [0.2, 0.25) is 11.8 Å². The van der Waals surface area contributed by atoms with Gasteiger partial charge in [0.1, 0.15) is 11.3 Å². The van der Waals surface area contributed by atoms with Crippen LogP contribution >= 0.6 is 0 Å². The van der Waals surface area contributed by atoms with Crippen LogP contribution in [0.25, 0.3) is 21.7 Å². The van der Waals surface area contributed by atoms with Gasteiger partial charge in [0.15, 0.2) is 0 Å². The van der Waals surface area contributed by atoms with E-state index in [1.54, 1.807) is 9.80 Å². The molecule has 0 N–H and O–H groups in total. The fourth-order valence-electron chi connectivity index (χ4n) is 3.66. The summed E-state index contributed by atoms with van der Waals surface area (Å²) in [5, 5.41) is 3.29. The lowest BCUT2D eigenvalue weighted by Crippen LogP contribution is -2.39. The topological polar surface area (TPSA) is 53.8 Å². The van der Waals surface area contributed by atoms with Crippen LogP contribution in [-0.4, -0.2) is 47.8 Å². The first-order chi connectivity index (χ1) is 12.7. The molecule has 2 aromatic carbocycles. The van der Waals surface area contributed by atoms with Crippen LogP contribution in [0, 0.1) is 0 Å². The summed E-state index contributed by atoms with van der Waals surface area (Å²) in [7, 11) is 0. The van der Waals surface area contributed by atoms with E-state index in [2.05, 4.69) is 12.1 Å². The Labute approximate surface area is 152 Å². The van der Waals surface area contributed by atoms with E-state index in [0.29, 0.717) is 18.8 Å². The van der Waals surface area contributed by atoms with Crippen molar-refractivity contribution in [2.75, 3.05) is 26.2 Å². The van der Waals surface area contributed by atoms with Gasteiger partial charge in [0.25, 0.3) is 0 Å². The zero-order valence-electron chi connectivity index (χ0n) is 14.9. The molecule has 5 nitrogen and oxygen atoms in total. The quantitative estimate of drug-likeness (QED) is 0.729. The van der Waals surface area contributed by atoms with Crippen molar-refractivity contribution in [2.24, 2.45) is 0 Å². The van der Waals surface area contributed by atoms with Crippen LogP contribution < -0.4 is 0 Å². The summed E-state index contributed by atoms with van der Waals surface area (Å²) in [5.74, 6) is 0.610. The van der Waals surface area contributed by atoms with Gasteiger partial charge in [0, 0.05) is 25.0 Å². The zero-order chi connectivity index (χ0) is 18.1. The van der Waals surface area contributed by atoms with Crippen molar-refractivity contribution < 1.29 is 14.0 Å². The van der Waals surface area contributed by atoms with Gasteiger partial charge in [-0.05, 0) is 36.2 Å². The second kappa shape index (κ2) is 6.83. The fourth-order valence-corrected chi connectivity index (χ4v) is 3.66. The summed E-state index contributed by atoms with van der Waals surface area (Å²) >= 11 is 0. The van der Waals surface area contributed by atoms with Crippen LogP contribution in [0.3, 0.4) is 0 Å². The molecular formula is C21H22N2O3. The Morgan fingerprint density at radius 2 is 1.96 bits per heavy atom. The number of carbonyl (C=O) groups excluding carboxylic acids is 2. The van der Waals surface area contributed by atoms with Crippen molar-refractivity contribution in [3.63, 3.8) is 0 Å². The number of hydrogen-bond donors (Lipinski definition) is 0. The molecule has 5 heteroatoms. The van der Waals surface area contributed by atoms with Crippen LogP contribution in [0.2, 0.25) is 0 Å². The lowest BCUT2D eigenvalue weighted by atomic mass is 10.1. The zero-order valence-corrected chi connectivity index (χ0v) is 14.9. The third-order valence-corrected chi connectivity index (χ3v) is 5.07. The second-order valence-corrected chi connectivity index (χ2v) is 6.73. The van der Waals surface area contributed by atoms with Crippen LogP contribution in [0.1, 0.15) is 19.1 Å². The summed E-state index contributed by atoms with van der Waals surface area (Å²) < 4.78 is 5.90. The van der Waals surface area contributed by atoms with E-state index < -0.39 is 0 Å². The molecule has 1 aliphatic rings. The predicted octanol–water partition coefficient (Wildman–Crippen LogP) is 3.21. The highest BCUT2D eigenvalue weighted by Crippen LogP contribution is 2.28. The normalized spacial score (nSPS) is 15.7. The molecule has 0 aliphatic carbocycles. The molecular weight excluding hydrogens is 328 g/mol. The first-order valence-corrected chi connectivity index (χ1v) is 9.11. The van der Waals surface area contributed by atoms with Gasteiger partial charge < -0.3 is 14.2 Å². The number of nitrogens with zero attached hydrogens (tertiary/aromatic N) is 2. The lowest BCUT2D eigenvalue weighted by Gasteiger charge is -2.20. The Hall–Kier alpha value is -2.82. The maximum atomic E-state index is 12.7. The standard InChI is InChI=1S/C21H22N2O3/c1-2-22-10-5-11-23(14-21(22)25)20(24)13-16-12-18-17-7-4-3-6-15(17)8-9-19(18)26-16/h3-4,6-9,12H,2,5,10-11,13-14H2,1H3. The SMILES string of the molecule is CCN1CCCN(C(=O)Cc2cc3c(ccc4ccccc43)o2)CC1=O. The molecule has 0 spiro atoms. The molecule has 1 saturated heterocycles. The molecule has 2 amide bonds. The minimum Gasteiger partial charge on any atom is -0.461 e. The maximum absolute atomic E-state index is 12.7. The molecule has 0 unspecified atom stereocenters. The van der Waals surface area contributed by atoms with Gasteiger partial charge in [0.05, 0.1) is 13.0 Å². The van der Waals surface area contributed by atoms with E-state index in [4.69, 9.17) is 4.42 Å². The molecule has 0 saturated carbocycles. The van der Waals surface area contributed by atoms with E-state index >= 15 is 0 Å². The van der Waals surface area contributed by atoms with Crippen molar-refractivity contribution in [3.8, 4) is 0 Å². The molecule has 2 heterocycles. The van der Waals surface area contributed by atoms with Gasteiger partial charge in [-0.15, -0.1) is 0 Å². The predicted molar refractivity (Wildman–Crippen MR) is 101 cm³/mol. The van der Waals surface area contributed by atoms with Crippen molar-refractivity contribution in [1.82, 2.24) is 9.80 Å². The first kappa shape index (κ1) is 16.6. The lowest BCUT2D eigenvalue weighted by molar-refractivity contribution is -0.138. The van der Waals surface area contributed by atoms with Crippen LogP contribution in [0.4, 0.5) is 0 Å². The van der Waals surface area contributed by atoms with E-state index in [1.165, 1.54) is 0 Å². The molecule has 1 aliphatic heterocycles. The number of fused-ring (bicyclic) bond motifs is 3. The highest BCUT2D eigenvalue weighted by molar-refractivity contribution is 6.06. The van der Waals surface area contributed by atoms with Crippen molar-refractivity contribution in [3.05, 3.63) is 48.2 Å². The fraction of sp³-hybridized carbons (Fsp3) is 0.333. The van der Waals surface area contributed by atoms with Crippen LogP contribution in [0.5, 0.6) is 0 Å². The molecule has 1 aromatic heterocycles. The summed E-state index contributed by atoms with van der Waals surface area (Å²) in [4.78, 5) is 28.4. The maximum Gasteiger partial charge on any atom is 0.242 e. The first-order valence-electron chi connectivity index (χ1n) is 9.11. The average molecular weight is 350 g/mol. The second-order valence-electron chi connectivity index (χ2n) is 6.73. The number of hydrogen-bond acceptors (Lipinski definition) is 3. The van der Waals surface area contributed by atoms with Crippen molar-refractivity contribution in [1.29, 1.82) is 0 Å². The number of likely N-dealkylation sites (N-methyl/N-ethyl adjacent to an activating group) is 1. The summed E-state index contributed by atoms with van der Waals surface area (Å²) in [5.41, 5.74) is 0.788. The molecule has 134 valence electrons. The smallest absolute Gasteiger partial charge is 0.242 e. The molecule has 1 fully saturated rings. The number of carbonyl (C=O) groups is 2. The Bertz CT molecular complexity index is 976. The summed E-state index contributed by atoms with van der Waals surface area (Å²) in [6, 6.07) is 14.1. The van der Waals surface area contributed by atoms with Crippen LogP contribution in [0.15, 0.2) is 46.9 Å². The van der Waals surface area contributed by atoms with E-state index in [-0.39, 0.29) is 24.8 Å². The molecule has 3 aromatic rings. The van der Waals surface area contributed by atoms with Gasteiger partial charge in [-0.2, -0.15) is 0 Å². The highest BCUT2D eigenvalue weighted by Gasteiger charge is 2.24. The molecule has 4 rings (SSSR count). The van der Waals surface area contributed by atoms with Gasteiger partial charge in [-0.3, -0.25) is 9.59 Å². The minimum absolute atomic E-state index is 0.0222. The van der Waals surface area contributed by atoms with E-state index in [0.717, 1.165) is 34.7 Å². The Kier molecular flexibility index (Phi) is 4.37. The average Bonchev–Trinajstić information content (AvgIpc) is 2.96. The Balaban J connectivity index is 1.56. The third-order valence-electron chi connectivity index (χ3n) is 5.07. The molecule has 0 atom stereocenters. The van der Waals surface area contributed by atoms with Gasteiger partial charge in [-0.25, -0.2) is 0 Å². The minimum atomic E-state index is -0.0559. The molecule has 0 bridgehead atoms. The van der Waals surface area contributed by atoms with E-state index in [1.807, 2.05) is 37.3 Å². The monoisotopic (exact) mass is 350 g/mol. The third kappa shape index (κ3) is 3.05. The van der Waals surface area contributed by atoms with Gasteiger partial charge in [-0.1, -0.05) is 30.3 Å². The van der Waals surface area contributed by atoms with Crippen molar-refractivity contribution >= 4 is 33.6 Å². The Morgan fingerprint density at radius 3 is 2.81 bits per heavy atom. The molecule has 26 heavy (non-hydrogen) atoms. The highest BCUT2D eigenvalue weighted by atomic mass is 16.3. The number of benzene rings is 2. The molecule has 0 radical (unpaired) electrons. The van der Waals surface area contributed by atoms with Crippen LogP contribution in [-0.2, 0) is 16.0 Å². The summed E-state index contributed by atoms with van der Waals surface area (Å²) in [6.45, 7) is 4.15. The number of rotatable bonds is 3. The Morgan fingerprint density at radius 1 is 1.12 bits per heavy atom. The van der Waals surface area contributed by atoms with Crippen molar-refractivity contribution in [2.45, 2.75) is 19.8 Å². The summed E-state index contributed by atoms with van der Waals surface area (Å²) in [6.07, 6.45) is 0.999. The largest absolute Gasteiger partial charge is 0.461 e. The van der Waals surface area contributed by atoms with E-state index in [9.17, 15) is 9.59 Å².